The molecule has 3 N–H and O–H groups in total. The molecule has 0 radical (unpaired) electrons. The van der Waals surface area contributed by atoms with Gasteiger partial charge in [-0.05, 0) is 44.0 Å². The molecule has 0 aliphatic carbocycles. The van der Waals surface area contributed by atoms with E-state index in [0.29, 0.717) is 24.2 Å². The lowest BCUT2D eigenvalue weighted by molar-refractivity contribution is 0.340. The second kappa shape index (κ2) is 6.54. The SMILES string of the molecule is CCOc1ccc(-c2nc(C)c(C(C)C)c(NN)n2)cc1. The molecule has 0 saturated carbocycles. The minimum Gasteiger partial charge on any atom is -0.494 e. The maximum atomic E-state index is 5.61. The summed E-state index contributed by atoms with van der Waals surface area (Å²) in [4.78, 5) is 9.13. The van der Waals surface area contributed by atoms with Gasteiger partial charge in [-0.2, -0.15) is 0 Å². The van der Waals surface area contributed by atoms with E-state index in [1.165, 1.54) is 0 Å². The van der Waals surface area contributed by atoms with E-state index in [-0.39, 0.29) is 0 Å². The van der Waals surface area contributed by atoms with Crippen molar-refractivity contribution < 1.29 is 4.74 Å². The third kappa shape index (κ3) is 3.31. The first-order chi connectivity index (χ1) is 10.1. The largest absolute Gasteiger partial charge is 0.494 e. The lowest BCUT2D eigenvalue weighted by Gasteiger charge is -2.15. The Balaban J connectivity index is 2.42. The molecule has 5 nitrogen and oxygen atoms in total. The lowest BCUT2D eigenvalue weighted by atomic mass is 10.0. The highest BCUT2D eigenvalue weighted by molar-refractivity contribution is 5.61. The standard InChI is InChI=1S/C16H22N4O/c1-5-21-13-8-6-12(7-9-13)15-18-11(4)14(10(2)3)16(19-15)20-17/h6-10H,5,17H2,1-4H3,(H,18,19,20). The molecule has 112 valence electrons. The average Bonchev–Trinajstić information content (AvgIpc) is 2.47. The highest BCUT2D eigenvalue weighted by Crippen LogP contribution is 2.28. The number of hydrazine groups is 1. The van der Waals surface area contributed by atoms with E-state index in [2.05, 4.69) is 29.2 Å². The van der Waals surface area contributed by atoms with E-state index >= 15 is 0 Å². The fourth-order valence-electron chi connectivity index (χ4n) is 2.38. The van der Waals surface area contributed by atoms with Gasteiger partial charge in [0, 0.05) is 16.8 Å². The van der Waals surface area contributed by atoms with E-state index in [1.54, 1.807) is 0 Å². The van der Waals surface area contributed by atoms with Crippen LogP contribution in [0.4, 0.5) is 5.82 Å². The van der Waals surface area contributed by atoms with E-state index in [9.17, 15) is 0 Å². The van der Waals surface area contributed by atoms with Gasteiger partial charge in [-0.3, -0.25) is 0 Å². The van der Waals surface area contributed by atoms with Crippen LogP contribution in [0.3, 0.4) is 0 Å². The Hall–Kier alpha value is -2.14. The van der Waals surface area contributed by atoms with Crippen LogP contribution in [-0.2, 0) is 0 Å². The molecule has 21 heavy (non-hydrogen) atoms. The van der Waals surface area contributed by atoms with Gasteiger partial charge >= 0.3 is 0 Å². The van der Waals surface area contributed by atoms with E-state index in [0.717, 1.165) is 22.6 Å². The summed E-state index contributed by atoms with van der Waals surface area (Å²) in [6.07, 6.45) is 0. The minimum absolute atomic E-state index is 0.311. The van der Waals surface area contributed by atoms with Crippen molar-refractivity contribution in [3.63, 3.8) is 0 Å². The Morgan fingerprint density at radius 1 is 1.19 bits per heavy atom. The fourth-order valence-corrected chi connectivity index (χ4v) is 2.38. The first-order valence-electron chi connectivity index (χ1n) is 7.15. The Morgan fingerprint density at radius 2 is 1.86 bits per heavy atom. The molecule has 0 atom stereocenters. The van der Waals surface area contributed by atoms with Gasteiger partial charge in [-0.15, -0.1) is 0 Å². The first-order valence-corrected chi connectivity index (χ1v) is 7.15. The number of rotatable bonds is 5. The summed E-state index contributed by atoms with van der Waals surface area (Å²) < 4.78 is 5.44. The van der Waals surface area contributed by atoms with Gasteiger partial charge in [0.25, 0.3) is 0 Å². The molecule has 0 amide bonds. The monoisotopic (exact) mass is 286 g/mol. The van der Waals surface area contributed by atoms with Crippen molar-refractivity contribution in [1.82, 2.24) is 9.97 Å². The summed E-state index contributed by atoms with van der Waals surface area (Å²) in [6, 6.07) is 7.75. The van der Waals surface area contributed by atoms with Crippen molar-refractivity contribution >= 4 is 5.82 Å². The van der Waals surface area contributed by atoms with E-state index < -0.39 is 0 Å². The molecule has 2 rings (SSSR count). The number of anilines is 1. The summed E-state index contributed by atoms with van der Waals surface area (Å²) >= 11 is 0. The number of nitrogen functional groups attached to an aromatic ring is 1. The maximum absolute atomic E-state index is 5.61. The number of benzene rings is 1. The third-order valence-electron chi connectivity index (χ3n) is 3.27. The van der Waals surface area contributed by atoms with Crippen molar-refractivity contribution in [3.8, 4) is 17.1 Å². The summed E-state index contributed by atoms with van der Waals surface area (Å²) in [5, 5.41) is 0. The zero-order valence-corrected chi connectivity index (χ0v) is 13.0. The highest BCUT2D eigenvalue weighted by Gasteiger charge is 2.14. The highest BCUT2D eigenvalue weighted by atomic mass is 16.5. The van der Waals surface area contributed by atoms with Crippen LogP contribution in [0.15, 0.2) is 24.3 Å². The van der Waals surface area contributed by atoms with Gasteiger partial charge in [-0.25, -0.2) is 15.8 Å². The number of ether oxygens (including phenoxy) is 1. The smallest absolute Gasteiger partial charge is 0.161 e. The Morgan fingerprint density at radius 3 is 2.38 bits per heavy atom. The number of nitrogens with one attached hydrogen (secondary N) is 1. The summed E-state index contributed by atoms with van der Waals surface area (Å²) in [7, 11) is 0. The maximum Gasteiger partial charge on any atom is 0.161 e. The molecule has 0 unspecified atom stereocenters. The van der Waals surface area contributed by atoms with Crippen LogP contribution < -0.4 is 16.0 Å². The average molecular weight is 286 g/mol. The van der Waals surface area contributed by atoms with Gasteiger partial charge in [0.1, 0.15) is 11.6 Å². The molecular weight excluding hydrogens is 264 g/mol. The molecular formula is C16H22N4O. The molecule has 0 saturated heterocycles. The van der Waals surface area contributed by atoms with Gasteiger partial charge in [-0.1, -0.05) is 13.8 Å². The Bertz CT molecular complexity index is 608. The van der Waals surface area contributed by atoms with Crippen molar-refractivity contribution in [3.05, 3.63) is 35.5 Å². The second-order valence-electron chi connectivity index (χ2n) is 5.15. The molecule has 2 aromatic rings. The van der Waals surface area contributed by atoms with Crippen LogP contribution in [0, 0.1) is 6.92 Å². The predicted molar refractivity (Wildman–Crippen MR) is 85.3 cm³/mol. The molecule has 0 aliphatic rings. The number of nitrogens with two attached hydrogens (primary N) is 1. The number of hydrogen-bond acceptors (Lipinski definition) is 5. The Labute approximate surface area is 125 Å². The molecule has 0 aliphatic heterocycles. The van der Waals surface area contributed by atoms with E-state index in [1.807, 2.05) is 38.1 Å². The molecule has 0 fully saturated rings. The van der Waals surface area contributed by atoms with Crippen LogP contribution in [-0.4, -0.2) is 16.6 Å². The van der Waals surface area contributed by atoms with Crippen LogP contribution >= 0.6 is 0 Å². The molecule has 1 aromatic heterocycles. The van der Waals surface area contributed by atoms with Gasteiger partial charge in [0.05, 0.1) is 6.61 Å². The van der Waals surface area contributed by atoms with Gasteiger partial charge in [0.15, 0.2) is 5.82 Å². The topological polar surface area (TPSA) is 73.1 Å². The molecule has 1 aromatic carbocycles. The lowest BCUT2D eigenvalue weighted by Crippen LogP contribution is -2.14. The minimum atomic E-state index is 0.311. The molecule has 5 heteroatoms. The van der Waals surface area contributed by atoms with Crippen LogP contribution in [0.1, 0.15) is 37.9 Å². The zero-order chi connectivity index (χ0) is 15.4. The summed E-state index contributed by atoms with van der Waals surface area (Å²) in [6.45, 7) is 8.80. The van der Waals surface area contributed by atoms with Gasteiger partial charge < -0.3 is 10.2 Å². The number of aryl methyl sites for hydroxylation is 1. The number of nitrogens with zero attached hydrogens (tertiary/aromatic N) is 2. The zero-order valence-electron chi connectivity index (χ0n) is 13.0. The van der Waals surface area contributed by atoms with Crippen LogP contribution in [0.25, 0.3) is 11.4 Å². The normalized spacial score (nSPS) is 10.8. The quantitative estimate of drug-likeness (QED) is 0.652. The van der Waals surface area contributed by atoms with Crippen molar-refractivity contribution in [2.24, 2.45) is 5.84 Å². The van der Waals surface area contributed by atoms with Crippen molar-refractivity contribution in [2.75, 3.05) is 12.0 Å². The number of hydrogen-bond donors (Lipinski definition) is 2. The summed E-state index contributed by atoms with van der Waals surface area (Å²) in [5.41, 5.74) is 5.61. The number of aromatic nitrogens is 2. The van der Waals surface area contributed by atoms with Crippen LogP contribution in [0.2, 0.25) is 0 Å². The van der Waals surface area contributed by atoms with E-state index in [4.69, 9.17) is 10.6 Å². The third-order valence-corrected chi connectivity index (χ3v) is 3.27. The second-order valence-corrected chi connectivity index (χ2v) is 5.15. The van der Waals surface area contributed by atoms with Crippen LogP contribution in [0.5, 0.6) is 5.75 Å². The molecule has 1 heterocycles. The Kier molecular flexibility index (Phi) is 4.75. The fraction of sp³-hybridized carbons (Fsp3) is 0.375. The van der Waals surface area contributed by atoms with Crippen molar-refractivity contribution in [1.29, 1.82) is 0 Å². The first kappa shape index (κ1) is 15.3. The predicted octanol–water partition coefficient (Wildman–Crippen LogP) is 3.26. The van der Waals surface area contributed by atoms with Gasteiger partial charge in [0.2, 0.25) is 0 Å². The van der Waals surface area contributed by atoms with Crippen molar-refractivity contribution in [2.45, 2.75) is 33.6 Å². The summed E-state index contributed by atoms with van der Waals surface area (Å²) in [5.74, 6) is 8.10. The molecule has 0 bridgehead atoms. The molecule has 0 spiro atoms.